The molecule has 0 spiro atoms. The SMILES string of the molecule is COc1ccc(C=Cc2nc3ccc(C(=O)O)cc3[nH]2)cc1OC. The van der Waals surface area contributed by atoms with E-state index < -0.39 is 5.97 Å². The normalized spacial score (nSPS) is 11.1. The lowest BCUT2D eigenvalue weighted by atomic mass is 10.2. The third-order valence-electron chi connectivity index (χ3n) is 3.59. The molecule has 1 aromatic heterocycles. The quantitative estimate of drug-likeness (QED) is 0.751. The molecule has 0 saturated carbocycles. The molecule has 6 heteroatoms. The van der Waals surface area contributed by atoms with Gasteiger partial charge in [-0.1, -0.05) is 12.1 Å². The van der Waals surface area contributed by atoms with E-state index >= 15 is 0 Å². The Bertz CT molecular complexity index is 928. The van der Waals surface area contributed by atoms with Crippen LogP contribution in [-0.4, -0.2) is 35.3 Å². The van der Waals surface area contributed by atoms with Crippen molar-refractivity contribution >= 4 is 29.2 Å². The summed E-state index contributed by atoms with van der Waals surface area (Å²) in [6.07, 6.45) is 3.71. The number of benzene rings is 2. The topological polar surface area (TPSA) is 84.4 Å². The van der Waals surface area contributed by atoms with Gasteiger partial charge >= 0.3 is 5.97 Å². The highest BCUT2D eigenvalue weighted by Crippen LogP contribution is 2.28. The minimum Gasteiger partial charge on any atom is -0.493 e. The van der Waals surface area contributed by atoms with Crippen LogP contribution in [0.1, 0.15) is 21.7 Å². The number of carbonyl (C=O) groups is 1. The number of nitrogens with one attached hydrogen (secondary N) is 1. The molecule has 0 unspecified atom stereocenters. The molecule has 0 bridgehead atoms. The van der Waals surface area contributed by atoms with Gasteiger partial charge in [0.1, 0.15) is 5.82 Å². The zero-order valence-corrected chi connectivity index (χ0v) is 13.2. The fraction of sp³-hybridized carbons (Fsp3) is 0.111. The van der Waals surface area contributed by atoms with Crippen molar-refractivity contribution in [1.29, 1.82) is 0 Å². The summed E-state index contributed by atoms with van der Waals surface area (Å²) in [6, 6.07) is 10.4. The number of aromatic nitrogens is 2. The van der Waals surface area contributed by atoms with Gasteiger partial charge in [0.05, 0.1) is 30.8 Å². The number of hydrogen-bond acceptors (Lipinski definition) is 4. The number of rotatable bonds is 5. The van der Waals surface area contributed by atoms with Crippen molar-refractivity contribution in [2.24, 2.45) is 0 Å². The van der Waals surface area contributed by atoms with E-state index in [0.29, 0.717) is 28.4 Å². The maximum atomic E-state index is 11.0. The number of fused-ring (bicyclic) bond motifs is 1. The minimum absolute atomic E-state index is 0.224. The highest BCUT2D eigenvalue weighted by Gasteiger charge is 2.07. The summed E-state index contributed by atoms with van der Waals surface area (Å²) in [5, 5.41) is 9.02. The van der Waals surface area contributed by atoms with E-state index in [1.807, 2.05) is 30.4 Å². The number of aromatic carboxylic acids is 1. The van der Waals surface area contributed by atoms with E-state index in [9.17, 15) is 4.79 Å². The fourth-order valence-electron chi connectivity index (χ4n) is 2.37. The van der Waals surface area contributed by atoms with Crippen molar-refractivity contribution in [3.8, 4) is 11.5 Å². The second-order valence-corrected chi connectivity index (χ2v) is 5.11. The first kappa shape index (κ1) is 15.6. The average molecular weight is 324 g/mol. The molecule has 6 nitrogen and oxygen atoms in total. The van der Waals surface area contributed by atoms with Gasteiger partial charge in [0.2, 0.25) is 0 Å². The number of aromatic amines is 1. The monoisotopic (exact) mass is 324 g/mol. The standard InChI is InChI=1S/C18H16N2O4/c1-23-15-7-3-11(9-16(15)24-2)4-8-17-19-13-6-5-12(18(21)22)10-14(13)20-17/h3-10H,1-2H3,(H,19,20)(H,21,22). The van der Waals surface area contributed by atoms with Crippen LogP contribution in [-0.2, 0) is 0 Å². The van der Waals surface area contributed by atoms with Crippen LogP contribution in [0, 0.1) is 0 Å². The van der Waals surface area contributed by atoms with Crippen molar-refractivity contribution in [3.63, 3.8) is 0 Å². The summed E-state index contributed by atoms with van der Waals surface area (Å²) in [4.78, 5) is 18.5. The Balaban J connectivity index is 1.89. The summed E-state index contributed by atoms with van der Waals surface area (Å²) in [6.45, 7) is 0. The van der Waals surface area contributed by atoms with Gasteiger partial charge in [-0.3, -0.25) is 0 Å². The second-order valence-electron chi connectivity index (χ2n) is 5.11. The van der Waals surface area contributed by atoms with Gasteiger partial charge in [-0.2, -0.15) is 0 Å². The summed E-state index contributed by atoms with van der Waals surface area (Å²) in [5.41, 5.74) is 2.55. The largest absolute Gasteiger partial charge is 0.493 e. The Hall–Kier alpha value is -3.28. The molecule has 0 aliphatic heterocycles. The van der Waals surface area contributed by atoms with Crippen LogP contribution in [0.3, 0.4) is 0 Å². The molecule has 0 aliphatic carbocycles. The Morgan fingerprint density at radius 2 is 1.88 bits per heavy atom. The molecule has 3 rings (SSSR count). The molecular weight excluding hydrogens is 308 g/mol. The van der Waals surface area contributed by atoms with E-state index in [2.05, 4.69) is 9.97 Å². The molecule has 0 atom stereocenters. The van der Waals surface area contributed by atoms with Crippen LogP contribution in [0.15, 0.2) is 36.4 Å². The number of nitrogens with zero attached hydrogens (tertiary/aromatic N) is 1. The molecule has 122 valence electrons. The molecule has 3 aromatic rings. The summed E-state index contributed by atoms with van der Waals surface area (Å²) in [5.74, 6) is 0.992. The number of ether oxygens (including phenoxy) is 2. The zero-order chi connectivity index (χ0) is 17.1. The van der Waals surface area contributed by atoms with E-state index in [0.717, 1.165) is 5.56 Å². The van der Waals surface area contributed by atoms with Crippen LogP contribution in [0.5, 0.6) is 11.5 Å². The molecule has 2 N–H and O–H groups in total. The summed E-state index contributed by atoms with van der Waals surface area (Å²) < 4.78 is 10.5. The molecule has 0 radical (unpaired) electrons. The van der Waals surface area contributed by atoms with Crippen molar-refractivity contribution in [1.82, 2.24) is 9.97 Å². The maximum absolute atomic E-state index is 11.0. The summed E-state index contributed by atoms with van der Waals surface area (Å²) in [7, 11) is 3.18. The molecule has 1 heterocycles. The third-order valence-corrected chi connectivity index (χ3v) is 3.59. The van der Waals surface area contributed by atoms with Crippen LogP contribution >= 0.6 is 0 Å². The summed E-state index contributed by atoms with van der Waals surface area (Å²) >= 11 is 0. The lowest BCUT2D eigenvalue weighted by Gasteiger charge is -2.07. The second kappa shape index (κ2) is 6.45. The van der Waals surface area contributed by atoms with Crippen LogP contribution in [0.2, 0.25) is 0 Å². The van der Waals surface area contributed by atoms with E-state index in [-0.39, 0.29) is 5.56 Å². The van der Waals surface area contributed by atoms with Gasteiger partial charge in [-0.15, -0.1) is 0 Å². The van der Waals surface area contributed by atoms with Crippen molar-refractivity contribution in [3.05, 3.63) is 53.3 Å². The van der Waals surface area contributed by atoms with Gasteiger partial charge in [-0.05, 0) is 42.0 Å². The van der Waals surface area contributed by atoms with Crippen molar-refractivity contribution in [2.75, 3.05) is 14.2 Å². The molecule has 2 aromatic carbocycles. The van der Waals surface area contributed by atoms with Crippen LogP contribution in [0.4, 0.5) is 0 Å². The fourth-order valence-corrected chi connectivity index (χ4v) is 2.37. The van der Waals surface area contributed by atoms with Gasteiger partial charge in [0.25, 0.3) is 0 Å². The first-order valence-corrected chi connectivity index (χ1v) is 7.24. The maximum Gasteiger partial charge on any atom is 0.335 e. The highest BCUT2D eigenvalue weighted by atomic mass is 16.5. The lowest BCUT2D eigenvalue weighted by molar-refractivity contribution is 0.0697. The number of imidazole rings is 1. The Morgan fingerprint density at radius 1 is 1.08 bits per heavy atom. The van der Waals surface area contributed by atoms with Crippen LogP contribution < -0.4 is 9.47 Å². The predicted molar refractivity (Wildman–Crippen MR) is 91.5 cm³/mol. The smallest absolute Gasteiger partial charge is 0.335 e. The molecule has 24 heavy (non-hydrogen) atoms. The van der Waals surface area contributed by atoms with Crippen molar-refractivity contribution < 1.29 is 19.4 Å². The first-order valence-electron chi connectivity index (χ1n) is 7.24. The number of carboxylic acids is 1. The molecule has 0 amide bonds. The molecule has 0 fully saturated rings. The Kier molecular flexibility index (Phi) is 4.20. The minimum atomic E-state index is -0.964. The zero-order valence-electron chi connectivity index (χ0n) is 13.2. The Labute approximate surface area is 138 Å². The van der Waals surface area contributed by atoms with Gasteiger partial charge < -0.3 is 19.6 Å². The van der Waals surface area contributed by atoms with Gasteiger partial charge in [0, 0.05) is 0 Å². The lowest BCUT2D eigenvalue weighted by Crippen LogP contribution is -1.94. The van der Waals surface area contributed by atoms with Crippen molar-refractivity contribution in [2.45, 2.75) is 0 Å². The Morgan fingerprint density at radius 3 is 2.58 bits per heavy atom. The third kappa shape index (κ3) is 3.08. The average Bonchev–Trinajstić information content (AvgIpc) is 3.01. The molecule has 0 aliphatic rings. The van der Waals surface area contributed by atoms with Gasteiger partial charge in [-0.25, -0.2) is 9.78 Å². The van der Waals surface area contributed by atoms with Gasteiger partial charge in [0.15, 0.2) is 11.5 Å². The highest BCUT2D eigenvalue weighted by molar-refractivity contribution is 5.92. The van der Waals surface area contributed by atoms with E-state index in [4.69, 9.17) is 14.6 Å². The number of methoxy groups -OCH3 is 2. The number of hydrogen-bond donors (Lipinski definition) is 2. The molecular formula is C18H16N2O4. The number of H-pyrrole nitrogens is 1. The van der Waals surface area contributed by atoms with E-state index in [1.54, 1.807) is 26.4 Å². The predicted octanol–water partition coefficient (Wildman–Crippen LogP) is 3.45. The van der Waals surface area contributed by atoms with E-state index in [1.165, 1.54) is 6.07 Å². The molecule has 0 saturated heterocycles. The first-order chi connectivity index (χ1) is 11.6. The van der Waals surface area contributed by atoms with Crippen LogP contribution in [0.25, 0.3) is 23.2 Å². The number of carboxylic acid groups (broad SMARTS) is 1.